The van der Waals surface area contributed by atoms with Crippen LogP contribution in [0.15, 0.2) is 11.8 Å². The quantitative estimate of drug-likeness (QED) is 0.391. The molecule has 2 nitrogen and oxygen atoms in total. The van der Waals surface area contributed by atoms with Crippen molar-refractivity contribution in [1.29, 1.82) is 0 Å². The molecule has 4 N–H and O–H groups in total. The highest BCUT2D eigenvalue weighted by Crippen LogP contribution is 2.06. The van der Waals surface area contributed by atoms with Crippen molar-refractivity contribution in [2.24, 2.45) is 11.5 Å². The summed E-state index contributed by atoms with van der Waals surface area (Å²) in [5, 5.41) is 0. The molecule has 1 unspecified atom stereocenters. The van der Waals surface area contributed by atoms with Gasteiger partial charge in [-0.3, -0.25) is 0 Å². The fourth-order valence-electron chi connectivity index (χ4n) is 0.159. The van der Waals surface area contributed by atoms with Crippen molar-refractivity contribution in [1.82, 2.24) is 0 Å². The molecule has 0 aromatic carbocycles. The van der Waals surface area contributed by atoms with E-state index in [2.05, 4.69) is 0 Å². The molecule has 0 heterocycles. The molecular weight excluding hydrogens is 64.0 g/mol. The van der Waals surface area contributed by atoms with Crippen LogP contribution in [0.1, 0.15) is 0 Å². The van der Waals surface area contributed by atoms with Gasteiger partial charge in [-0.2, -0.15) is 0 Å². The standard InChI is InChI=1S/C3H6N2/c4-2-1-3(2)5/h1-2H,4-5H2. The lowest BCUT2D eigenvalue weighted by atomic mass is 10.6. The lowest BCUT2D eigenvalue weighted by Gasteiger charge is -1.72. The second kappa shape index (κ2) is 0.518. The number of nitrogens with two attached hydrogens (primary N) is 2. The first-order chi connectivity index (χ1) is 2.30. The first-order valence-corrected chi connectivity index (χ1v) is 1.53. The topological polar surface area (TPSA) is 52.0 Å². The normalized spacial score (nSPS) is 33.0. The predicted molar refractivity (Wildman–Crippen MR) is 20.2 cm³/mol. The average Bonchev–Trinajstić information content (AvgIpc) is 1.79. The maximum absolute atomic E-state index is 5.15. The summed E-state index contributed by atoms with van der Waals surface area (Å²) >= 11 is 0. The van der Waals surface area contributed by atoms with Gasteiger partial charge in [-0.05, 0) is 6.08 Å². The number of hydrogen-bond donors (Lipinski definition) is 2. The van der Waals surface area contributed by atoms with E-state index in [0.717, 1.165) is 5.70 Å². The smallest absolute Gasteiger partial charge is 0.0646 e. The molecule has 0 fully saturated rings. The Labute approximate surface area is 30.5 Å². The third kappa shape index (κ3) is 0.260. The van der Waals surface area contributed by atoms with Gasteiger partial charge in [0, 0.05) is 5.70 Å². The molecule has 2 heteroatoms. The molecule has 0 saturated heterocycles. The summed E-state index contributed by atoms with van der Waals surface area (Å²) in [5.41, 5.74) is 11.1. The summed E-state index contributed by atoms with van der Waals surface area (Å²) in [6.45, 7) is 0. The maximum atomic E-state index is 5.15. The molecule has 0 saturated carbocycles. The molecule has 5 heavy (non-hydrogen) atoms. The first kappa shape index (κ1) is 2.72. The van der Waals surface area contributed by atoms with E-state index in [1.807, 2.05) is 0 Å². The highest BCUT2D eigenvalue weighted by atomic mass is 14.8. The van der Waals surface area contributed by atoms with Crippen molar-refractivity contribution < 1.29 is 0 Å². The largest absolute Gasteiger partial charge is 0.401 e. The summed E-state index contributed by atoms with van der Waals surface area (Å²) < 4.78 is 0. The zero-order chi connectivity index (χ0) is 3.86. The SMILES string of the molecule is NC1=CC1N. The average molecular weight is 70.1 g/mol. The summed E-state index contributed by atoms with van der Waals surface area (Å²) in [7, 11) is 0. The molecule has 0 aliphatic heterocycles. The Morgan fingerprint density at radius 3 is 2.00 bits per heavy atom. The second-order valence-corrected chi connectivity index (χ2v) is 1.19. The van der Waals surface area contributed by atoms with E-state index in [1.54, 1.807) is 6.08 Å². The molecule has 1 aliphatic rings. The van der Waals surface area contributed by atoms with Crippen LogP contribution in [-0.2, 0) is 0 Å². The van der Waals surface area contributed by atoms with Gasteiger partial charge in [-0.15, -0.1) is 0 Å². The Hall–Kier alpha value is -0.500. The summed E-state index contributed by atoms with van der Waals surface area (Å²) in [6.07, 6.45) is 1.81. The van der Waals surface area contributed by atoms with Gasteiger partial charge in [-0.25, -0.2) is 0 Å². The summed E-state index contributed by atoms with van der Waals surface area (Å²) in [6, 6.07) is 0.120. The lowest BCUT2D eigenvalue weighted by Crippen LogP contribution is -2.06. The van der Waals surface area contributed by atoms with Gasteiger partial charge in [0.05, 0.1) is 6.04 Å². The Balaban J connectivity index is 2.38. The third-order valence-electron chi connectivity index (χ3n) is 0.648. The van der Waals surface area contributed by atoms with Crippen LogP contribution in [0.4, 0.5) is 0 Å². The summed E-state index contributed by atoms with van der Waals surface area (Å²) in [4.78, 5) is 0. The Kier molecular flexibility index (Phi) is 0.282. The summed E-state index contributed by atoms with van der Waals surface area (Å²) in [5.74, 6) is 0. The molecule has 1 aliphatic carbocycles. The van der Waals surface area contributed by atoms with Crippen LogP contribution in [0.5, 0.6) is 0 Å². The van der Waals surface area contributed by atoms with Crippen molar-refractivity contribution in [3.63, 3.8) is 0 Å². The third-order valence-corrected chi connectivity index (χ3v) is 0.648. The second-order valence-electron chi connectivity index (χ2n) is 1.19. The monoisotopic (exact) mass is 70.1 g/mol. The van der Waals surface area contributed by atoms with Gasteiger partial charge >= 0.3 is 0 Å². The lowest BCUT2D eigenvalue weighted by molar-refractivity contribution is 1.09. The Bertz CT molecular complexity index is 75.0. The fraction of sp³-hybridized carbons (Fsp3) is 0.333. The van der Waals surface area contributed by atoms with Gasteiger partial charge in [0.25, 0.3) is 0 Å². The predicted octanol–water partition coefficient (Wildman–Crippen LogP) is -0.830. The van der Waals surface area contributed by atoms with E-state index < -0.39 is 0 Å². The van der Waals surface area contributed by atoms with Gasteiger partial charge < -0.3 is 11.5 Å². The highest BCUT2D eigenvalue weighted by Gasteiger charge is 2.13. The molecule has 1 rings (SSSR count). The van der Waals surface area contributed by atoms with E-state index in [9.17, 15) is 0 Å². The van der Waals surface area contributed by atoms with Crippen LogP contribution in [0, 0.1) is 0 Å². The van der Waals surface area contributed by atoms with E-state index in [-0.39, 0.29) is 6.04 Å². The molecule has 0 spiro atoms. The van der Waals surface area contributed by atoms with Crippen LogP contribution >= 0.6 is 0 Å². The zero-order valence-electron chi connectivity index (χ0n) is 2.81. The molecule has 1 atom stereocenters. The highest BCUT2D eigenvalue weighted by molar-refractivity contribution is 5.29. The van der Waals surface area contributed by atoms with Crippen LogP contribution in [0.25, 0.3) is 0 Å². The van der Waals surface area contributed by atoms with Crippen molar-refractivity contribution in [3.8, 4) is 0 Å². The molecule has 0 bridgehead atoms. The molecule has 0 amide bonds. The van der Waals surface area contributed by atoms with Gasteiger partial charge in [-0.1, -0.05) is 0 Å². The Morgan fingerprint density at radius 2 is 2.00 bits per heavy atom. The van der Waals surface area contributed by atoms with Crippen molar-refractivity contribution in [3.05, 3.63) is 11.8 Å². The van der Waals surface area contributed by atoms with Crippen molar-refractivity contribution in [2.75, 3.05) is 0 Å². The minimum absolute atomic E-state index is 0.120. The van der Waals surface area contributed by atoms with Crippen LogP contribution in [-0.4, -0.2) is 6.04 Å². The van der Waals surface area contributed by atoms with Crippen molar-refractivity contribution >= 4 is 0 Å². The molecular formula is C3H6N2. The van der Waals surface area contributed by atoms with Crippen molar-refractivity contribution in [2.45, 2.75) is 6.04 Å². The first-order valence-electron chi connectivity index (χ1n) is 1.53. The molecule has 0 radical (unpaired) electrons. The zero-order valence-corrected chi connectivity index (χ0v) is 2.81. The van der Waals surface area contributed by atoms with E-state index >= 15 is 0 Å². The fourth-order valence-corrected chi connectivity index (χ4v) is 0.159. The van der Waals surface area contributed by atoms with Gasteiger partial charge in [0.15, 0.2) is 0 Å². The van der Waals surface area contributed by atoms with E-state index in [1.165, 1.54) is 0 Å². The van der Waals surface area contributed by atoms with Crippen LogP contribution < -0.4 is 11.5 Å². The van der Waals surface area contributed by atoms with E-state index in [0.29, 0.717) is 0 Å². The Morgan fingerprint density at radius 1 is 1.80 bits per heavy atom. The minimum Gasteiger partial charge on any atom is -0.401 e. The van der Waals surface area contributed by atoms with E-state index in [4.69, 9.17) is 11.5 Å². The van der Waals surface area contributed by atoms with Crippen LogP contribution in [0.2, 0.25) is 0 Å². The molecule has 0 aromatic heterocycles. The number of rotatable bonds is 0. The van der Waals surface area contributed by atoms with Crippen LogP contribution in [0.3, 0.4) is 0 Å². The minimum atomic E-state index is 0.120. The molecule has 28 valence electrons. The molecule has 0 aromatic rings. The maximum Gasteiger partial charge on any atom is 0.0646 e. The van der Waals surface area contributed by atoms with Gasteiger partial charge in [0.2, 0.25) is 0 Å². The van der Waals surface area contributed by atoms with Gasteiger partial charge in [0.1, 0.15) is 0 Å². The number of hydrogen-bond acceptors (Lipinski definition) is 2.